The summed E-state index contributed by atoms with van der Waals surface area (Å²) in [5.41, 5.74) is -4.86. The zero-order valence-electron chi connectivity index (χ0n) is 22.7. The van der Waals surface area contributed by atoms with Gasteiger partial charge in [0.15, 0.2) is 17.8 Å². The monoisotopic (exact) mass is 659 g/mol. The molecule has 2 aliphatic carbocycles. The molecule has 0 bridgehead atoms. The van der Waals surface area contributed by atoms with Gasteiger partial charge in [0.25, 0.3) is 0 Å². The van der Waals surface area contributed by atoms with Crippen molar-refractivity contribution in [1.82, 2.24) is 5.32 Å². The normalized spacial score (nSPS) is 19.6. The van der Waals surface area contributed by atoms with Crippen molar-refractivity contribution in [3.05, 3.63) is 51.6 Å². The maximum absolute atomic E-state index is 13.4. The van der Waals surface area contributed by atoms with Gasteiger partial charge in [-0.05, 0) is 12.5 Å². The first-order chi connectivity index (χ1) is 20.3. The molecule has 0 saturated carbocycles. The molecule has 19 heteroatoms. The molecule has 17 nitrogen and oxygen atoms in total. The minimum absolute atomic E-state index is 0.0241. The number of aliphatic hydroxyl groups excluding tert-OH is 1. The number of benzene rings is 2. The van der Waals surface area contributed by atoms with E-state index < -0.39 is 122 Å². The van der Waals surface area contributed by atoms with E-state index in [0.29, 0.717) is 0 Å². The van der Waals surface area contributed by atoms with Gasteiger partial charge in [0.2, 0.25) is 11.6 Å². The van der Waals surface area contributed by atoms with Crippen molar-refractivity contribution in [3.63, 3.8) is 0 Å². The number of fused-ring (bicyclic) bond motifs is 3. The number of methoxy groups -OCH3 is 1. The number of phenols is 2. The molecule has 44 heavy (non-hydrogen) atoms. The number of rotatable bonds is 9. The molecule has 2 aromatic rings. The van der Waals surface area contributed by atoms with E-state index in [-0.39, 0.29) is 16.9 Å². The summed E-state index contributed by atoms with van der Waals surface area (Å²) in [7, 11) is -9.22. The molecule has 238 valence electrons. The van der Waals surface area contributed by atoms with Crippen LogP contribution in [0.3, 0.4) is 0 Å². The second-order valence-corrected chi connectivity index (χ2v) is 14.2. The van der Waals surface area contributed by atoms with Crippen LogP contribution in [0.4, 0.5) is 4.79 Å². The number of ketones is 3. The van der Waals surface area contributed by atoms with Crippen molar-refractivity contribution in [2.75, 3.05) is 20.3 Å². The van der Waals surface area contributed by atoms with Crippen LogP contribution in [0.1, 0.15) is 61.9 Å². The smallest absolute Gasteiger partial charge is 0.407 e. The fraction of sp³-hybridized carbons (Fsp3) is 0.360. The van der Waals surface area contributed by atoms with Crippen LogP contribution in [0.5, 0.6) is 17.2 Å². The third kappa shape index (κ3) is 5.88. The molecule has 2 aliphatic rings. The second kappa shape index (κ2) is 11.7. The Balaban J connectivity index is 1.53. The molecule has 1 amide bonds. The van der Waals surface area contributed by atoms with E-state index >= 15 is 0 Å². The summed E-state index contributed by atoms with van der Waals surface area (Å²) in [6, 6.07) is 4.13. The Labute approximate surface area is 247 Å². The minimum Gasteiger partial charge on any atom is -0.507 e. The average Bonchev–Trinajstić information content (AvgIpc) is 2.92. The van der Waals surface area contributed by atoms with Crippen LogP contribution in [0, 0.1) is 0 Å². The maximum Gasteiger partial charge on any atom is 0.407 e. The van der Waals surface area contributed by atoms with E-state index in [1.807, 2.05) is 5.32 Å². The molecule has 0 heterocycles. The second-order valence-electron chi connectivity index (χ2n) is 10.2. The molecular weight excluding hydrogens is 632 g/mol. The fourth-order valence-electron chi connectivity index (χ4n) is 5.31. The molecule has 0 aromatic heterocycles. The Hall–Kier alpha value is -3.66. The summed E-state index contributed by atoms with van der Waals surface area (Å²) in [5.74, 6) is -4.64. The maximum atomic E-state index is 13.4. The Kier molecular flexibility index (Phi) is 8.83. The van der Waals surface area contributed by atoms with Crippen molar-refractivity contribution < 1.29 is 77.8 Å². The number of nitrogens with one attached hydrogen (secondary N) is 1. The number of aliphatic hydroxyl groups is 2. The highest BCUT2D eigenvalue weighted by atomic mass is 31.2. The topological polar surface area (TPSA) is 295 Å². The highest BCUT2D eigenvalue weighted by Crippen LogP contribution is 2.61. The zero-order valence-corrected chi connectivity index (χ0v) is 24.4. The molecule has 0 fully saturated rings. The van der Waals surface area contributed by atoms with Gasteiger partial charge in [0, 0.05) is 36.1 Å². The van der Waals surface area contributed by atoms with Crippen LogP contribution in [0.25, 0.3) is 0 Å². The Morgan fingerprint density at radius 1 is 1.02 bits per heavy atom. The first-order valence-electron chi connectivity index (χ1n) is 12.6. The molecule has 0 spiro atoms. The van der Waals surface area contributed by atoms with E-state index in [2.05, 4.69) is 4.74 Å². The number of hydrogen-bond acceptors (Lipinski definition) is 12. The fourth-order valence-corrected chi connectivity index (χ4v) is 7.81. The van der Waals surface area contributed by atoms with E-state index in [0.717, 1.165) is 0 Å². The zero-order chi connectivity index (χ0) is 32.9. The van der Waals surface area contributed by atoms with Crippen LogP contribution >= 0.6 is 15.2 Å². The number of Topliss-reactive ketones (excluding diaryl/α,β-unsaturated/α-hetero) is 1. The highest BCUT2D eigenvalue weighted by molar-refractivity contribution is 7.70. The summed E-state index contributed by atoms with van der Waals surface area (Å²) in [5, 5.41) is 43.6. The standard InChI is InChI=1S/C25H27NO16P2/c1-41-13-4-2-3-10-17(13)23(32)19-18(20(10)29)21(30)11-7-25(34,8-12(27)16(11)22(19)31)14(28)9-42-24(33)26-6-5-15(43(35,36)37)44(38,39)40/h2-4,12,15,27,30-31,34H,5-9H2,1H3,(H,26,33)(H2,35,36,37)(H2,38,39,40). The van der Waals surface area contributed by atoms with Gasteiger partial charge in [-0.3, -0.25) is 23.5 Å². The third-order valence-electron chi connectivity index (χ3n) is 7.40. The molecule has 4 rings (SSSR count). The van der Waals surface area contributed by atoms with Gasteiger partial charge in [-0.1, -0.05) is 12.1 Å². The Morgan fingerprint density at radius 3 is 2.23 bits per heavy atom. The van der Waals surface area contributed by atoms with Crippen molar-refractivity contribution in [2.24, 2.45) is 0 Å². The first-order valence-corrected chi connectivity index (χ1v) is 16.0. The van der Waals surface area contributed by atoms with Crippen LogP contribution in [0.2, 0.25) is 0 Å². The van der Waals surface area contributed by atoms with Crippen molar-refractivity contribution in [1.29, 1.82) is 0 Å². The summed E-state index contributed by atoms with van der Waals surface area (Å²) in [4.78, 5) is 88.1. The molecule has 2 atom stereocenters. The predicted molar refractivity (Wildman–Crippen MR) is 145 cm³/mol. The van der Waals surface area contributed by atoms with Crippen molar-refractivity contribution >= 4 is 38.6 Å². The summed E-state index contributed by atoms with van der Waals surface area (Å²) in [6.07, 6.45) is -5.63. The molecule has 2 aromatic carbocycles. The number of aromatic hydroxyl groups is 2. The lowest BCUT2D eigenvalue weighted by Crippen LogP contribution is -2.48. The number of hydrogen-bond donors (Lipinski definition) is 9. The number of amides is 1. The SMILES string of the molecule is COc1cccc2c1C(=O)c1c(O)c3c(c(O)c1C2=O)CC(O)(C(=O)COC(=O)NCCC(P(=O)(O)O)P(=O)(O)O)CC3O. The Morgan fingerprint density at radius 2 is 1.64 bits per heavy atom. The van der Waals surface area contributed by atoms with Crippen molar-refractivity contribution in [3.8, 4) is 17.2 Å². The van der Waals surface area contributed by atoms with Gasteiger partial charge >= 0.3 is 21.3 Å². The van der Waals surface area contributed by atoms with Gasteiger partial charge in [0.05, 0.1) is 29.9 Å². The predicted octanol–water partition coefficient (Wildman–Crippen LogP) is -0.0406. The van der Waals surface area contributed by atoms with Crippen LogP contribution < -0.4 is 10.1 Å². The Bertz CT molecular complexity index is 1650. The summed E-state index contributed by atoms with van der Waals surface area (Å²) < 4.78 is 32.5. The molecule has 0 aliphatic heterocycles. The van der Waals surface area contributed by atoms with E-state index in [4.69, 9.17) is 24.3 Å². The van der Waals surface area contributed by atoms with Gasteiger partial charge < -0.3 is 54.8 Å². The number of phenolic OH excluding ortho intramolecular Hbond substituents is 2. The molecule has 0 radical (unpaired) electrons. The summed E-state index contributed by atoms with van der Waals surface area (Å²) in [6.45, 7) is -1.81. The number of alkyl carbamates (subject to hydrolysis) is 1. The first kappa shape index (κ1) is 33.2. The molecule has 9 N–H and O–H groups in total. The molecule has 0 saturated heterocycles. The minimum atomic E-state index is -5.24. The van der Waals surface area contributed by atoms with E-state index in [1.165, 1.54) is 25.3 Å². The van der Waals surface area contributed by atoms with Gasteiger partial charge in [0.1, 0.15) is 22.8 Å². The number of carbonyl (C=O) groups excluding carboxylic acids is 4. The average molecular weight is 659 g/mol. The largest absolute Gasteiger partial charge is 0.507 e. The van der Waals surface area contributed by atoms with Gasteiger partial charge in [-0.2, -0.15) is 0 Å². The van der Waals surface area contributed by atoms with Gasteiger partial charge in [-0.15, -0.1) is 0 Å². The van der Waals surface area contributed by atoms with E-state index in [1.54, 1.807) is 0 Å². The lowest BCUT2D eigenvalue weighted by Gasteiger charge is -2.37. The third-order valence-corrected chi connectivity index (χ3v) is 11.3. The highest BCUT2D eigenvalue weighted by Gasteiger charge is 2.49. The van der Waals surface area contributed by atoms with Crippen LogP contribution in [0.15, 0.2) is 18.2 Å². The lowest BCUT2D eigenvalue weighted by atomic mass is 9.72. The van der Waals surface area contributed by atoms with Gasteiger partial charge in [-0.25, -0.2) is 4.79 Å². The summed E-state index contributed by atoms with van der Waals surface area (Å²) >= 11 is 0. The quantitative estimate of drug-likeness (QED) is 0.108. The van der Waals surface area contributed by atoms with Crippen molar-refractivity contribution in [2.45, 2.75) is 36.4 Å². The molecular formula is C25H27NO16P2. The van der Waals surface area contributed by atoms with Crippen LogP contribution in [-0.4, -0.2) is 94.7 Å². The van der Waals surface area contributed by atoms with Crippen LogP contribution in [-0.2, 0) is 25.1 Å². The molecule has 2 unspecified atom stereocenters. The number of carbonyl (C=O) groups is 4. The lowest BCUT2D eigenvalue weighted by molar-refractivity contribution is -0.145. The van der Waals surface area contributed by atoms with E-state index in [9.17, 15) is 48.7 Å². The number of ether oxygens (including phenoxy) is 2.